The molecule has 0 radical (unpaired) electrons. The second-order valence-electron chi connectivity index (χ2n) is 10.9. The third-order valence-electron chi connectivity index (χ3n) is 8.64. The summed E-state index contributed by atoms with van der Waals surface area (Å²) in [6.45, 7) is 2.09. The molecule has 0 aliphatic heterocycles. The van der Waals surface area contributed by atoms with Gasteiger partial charge in [-0.3, -0.25) is 0 Å². The van der Waals surface area contributed by atoms with E-state index in [-0.39, 0.29) is 5.82 Å². The first-order valence-corrected chi connectivity index (χ1v) is 14.5. The highest BCUT2D eigenvalue weighted by molar-refractivity contribution is 6.21. The van der Waals surface area contributed by atoms with Crippen LogP contribution in [-0.4, -0.2) is 4.57 Å². The monoisotopic (exact) mass is 541 g/mol. The standard InChI is InChI=1S/C40H28FN/c1-2-26-25-28(41)21-24-30(26)40-35-15-5-3-13-33(35)39(34-14-4-6-16-36(34)40)27-19-22-29(23-20-27)42-37-17-9-7-11-31(37)32-12-8-10-18-38(32)42/h3-25H,2H2,1H3. The topological polar surface area (TPSA) is 4.93 Å². The highest BCUT2D eigenvalue weighted by atomic mass is 19.1. The Morgan fingerprint density at radius 3 is 1.50 bits per heavy atom. The molecule has 1 nitrogen and oxygen atoms in total. The van der Waals surface area contributed by atoms with Crippen LogP contribution in [-0.2, 0) is 6.42 Å². The second-order valence-corrected chi connectivity index (χ2v) is 10.9. The molecule has 0 aliphatic carbocycles. The predicted octanol–water partition coefficient (Wildman–Crippen LogP) is 11.1. The molecular formula is C40H28FN. The van der Waals surface area contributed by atoms with Crippen molar-refractivity contribution in [1.82, 2.24) is 4.57 Å². The lowest BCUT2D eigenvalue weighted by Gasteiger charge is -2.19. The van der Waals surface area contributed by atoms with Crippen LogP contribution < -0.4 is 0 Å². The number of para-hydroxylation sites is 2. The third-order valence-corrected chi connectivity index (χ3v) is 8.64. The zero-order chi connectivity index (χ0) is 28.2. The molecule has 0 spiro atoms. The minimum Gasteiger partial charge on any atom is -0.309 e. The number of aromatic nitrogens is 1. The summed E-state index contributed by atoms with van der Waals surface area (Å²) in [5, 5.41) is 7.27. The average molecular weight is 542 g/mol. The van der Waals surface area contributed by atoms with Gasteiger partial charge in [-0.15, -0.1) is 0 Å². The van der Waals surface area contributed by atoms with Crippen molar-refractivity contribution >= 4 is 43.4 Å². The van der Waals surface area contributed by atoms with Gasteiger partial charge in [-0.2, -0.15) is 0 Å². The van der Waals surface area contributed by atoms with Crippen LogP contribution >= 0.6 is 0 Å². The van der Waals surface area contributed by atoms with Crippen molar-refractivity contribution in [3.63, 3.8) is 0 Å². The lowest BCUT2D eigenvalue weighted by atomic mass is 9.84. The van der Waals surface area contributed by atoms with Crippen LogP contribution in [0.2, 0.25) is 0 Å². The Hall–Kier alpha value is -5.21. The fourth-order valence-electron chi connectivity index (χ4n) is 6.81. The average Bonchev–Trinajstić information content (AvgIpc) is 3.38. The molecule has 0 bridgehead atoms. The van der Waals surface area contributed by atoms with Crippen molar-refractivity contribution in [2.75, 3.05) is 0 Å². The molecule has 8 rings (SSSR count). The Balaban J connectivity index is 1.38. The maximum atomic E-state index is 14.3. The summed E-state index contributed by atoms with van der Waals surface area (Å²) in [5.74, 6) is -0.191. The zero-order valence-corrected chi connectivity index (χ0v) is 23.3. The molecule has 0 saturated heterocycles. The van der Waals surface area contributed by atoms with E-state index in [4.69, 9.17) is 0 Å². The molecule has 0 amide bonds. The normalized spacial score (nSPS) is 11.7. The van der Waals surface area contributed by atoms with Gasteiger partial charge in [-0.25, -0.2) is 4.39 Å². The summed E-state index contributed by atoms with van der Waals surface area (Å²) in [4.78, 5) is 0. The molecule has 0 fully saturated rings. The number of rotatable bonds is 4. The van der Waals surface area contributed by atoms with Gasteiger partial charge in [-0.1, -0.05) is 110 Å². The van der Waals surface area contributed by atoms with Gasteiger partial charge < -0.3 is 4.57 Å². The van der Waals surface area contributed by atoms with Crippen LogP contribution in [0.25, 0.3) is 71.3 Å². The first-order chi connectivity index (χ1) is 20.7. The Morgan fingerprint density at radius 2 is 0.976 bits per heavy atom. The second kappa shape index (κ2) is 9.71. The van der Waals surface area contributed by atoms with Crippen LogP contribution in [0, 0.1) is 5.82 Å². The molecule has 1 heterocycles. The van der Waals surface area contributed by atoms with Gasteiger partial charge in [0.25, 0.3) is 0 Å². The fourth-order valence-corrected chi connectivity index (χ4v) is 6.81. The Morgan fingerprint density at radius 1 is 0.500 bits per heavy atom. The molecule has 1 aromatic heterocycles. The smallest absolute Gasteiger partial charge is 0.123 e. The Bertz CT molecular complexity index is 2180. The van der Waals surface area contributed by atoms with Crippen molar-refractivity contribution in [3.05, 3.63) is 151 Å². The molecular weight excluding hydrogens is 513 g/mol. The van der Waals surface area contributed by atoms with Gasteiger partial charge in [0.1, 0.15) is 5.82 Å². The van der Waals surface area contributed by atoms with Gasteiger partial charge in [0.15, 0.2) is 0 Å². The van der Waals surface area contributed by atoms with E-state index in [1.165, 1.54) is 60.0 Å². The number of hydrogen-bond donors (Lipinski definition) is 0. The molecule has 7 aromatic carbocycles. The van der Waals surface area contributed by atoms with Crippen molar-refractivity contribution < 1.29 is 4.39 Å². The molecule has 42 heavy (non-hydrogen) atoms. The molecule has 0 unspecified atom stereocenters. The number of hydrogen-bond acceptors (Lipinski definition) is 0. The quantitative estimate of drug-likeness (QED) is 0.195. The van der Waals surface area contributed by atoms with Gasteiger partial charge in [0, 0.05) is 16.5 Å². The van der Waals surface area contributed by atoms with Gasteiger partial charge in [-0.05, 0) is 92.2 Å². The van der Waals surface area contributed by atoms with Crippen molar-refractivity contribution in [2.24, 2.45) is 0 Å². The van der Waals surface area contributed by atoms with E-state index >= 15 is 0 Å². The lowest BCUT2D eigenvalue weighted by molar-refractivity contribution is 0.626. The van der Waals surface area contributed by atoms with E-state index in [1.807, 2.05) is 6.07 Å². The largest absolute Gasteiger partial charge is 0.309 e. The maximum Gasteiger partial charge on any atom is 0.123 e. The number of aryl methyl sites for hydroxylation is 1. The fraction of sp³-hybridized carbons (Fsp3) is 0.0500. The van der Waals surface area contributed by atoms with Gasteiger partial charge >= 0.3 is 0 Å². The zero-order valence-electron chi connectivity index (χ0n) is 23.3. The molecule has 0 saturated carbocycles. The molecule has 0 aliphatic rings. The van der Waals surface area contributed by atoms with Crippen molar-refractivity contribution in [3.8, 4) is 27.9 Å². The van der Waals surface area contributed by atoms with E-state index in [0.29, 0.717) is 0 Å². The minimum absolute atomic E-state index is 0.191. The molecule has 0 atom stereocenters. The predicted molar refractivity (Wildman–Crippen MR) is 176 cm³/mol. The number of fused-ring (bicyclic) bond motifs is 5. The summed E-state index contributed by atoms with van der Waals surface area (Å²) in [7, 11) is 0. The molecule has 8 aromatic rings. The summed E-state index contributed by atoms with van der Waals surface area (Å²) >= 11 is 0. The minimum atomic E-state index is -0.191. The summed E-state index contributed by atoms with van der Waals surface area (Å²) in [5.41, 5.74) is 9.24. The SMILES string of the molecule is CCc1cc(F)ccc1-c1c2ccccc2c(-c2ccc(-n3c4ccccc4c4ccccc43)cc2)c2ccccc12. The van der Waals surface area contributed by atoms with Crippen LogP contribution in [0.15, 0.2) is 140 Å². The first-order valence-electron chi connectivity index (χ1n) is 14.5. The summed E-state index contributed by atoms with van der Waals surface area (Å²) < 4.78 is 16.6. The molecule has 0 N–H and O–H groups in total. The summed E-state index contributed by atoms with van der Waals surface area (Å²) in [6, 6.07) is 48.7. The van der Waals surface area contributed by atoms with E-state index in [2.05, 4.69) is 133 Å². The number of benzene rings is 7. The maximum absolute atomic E-state index is 14.3. The highest BCUT2D eigenvalue weighted by Gasteiger charge is 2.19. The Kier molecular flexibility index (Phi) is 5.68. The van der Waals surface area contributed by atoms with Crippen molar-refractivity contribution in [1.29, 1.82) is 0 Å². The molecule has 2 heteroatoms. The van der Waals surface area contributed by atoms with E-state index in [0.717, 1.165) is 23.2 Å². The van der Waals surface area contributed by atoms with E-state index in [1.54, 1.807) is 12.1 Å². The third kappa shape index (κ3) is 3.69. The summed E-state index contributed by atoms with van der Waals surface area (Å²) in [6.07, 6.45) is 0.766. The van der Waals surface area contributed by atoms with Crippen LogP contribution in [0.3, 0.4) is 0 Å². The van der Waals surface area contributed by atoms with E-state index in [9.17, 15) is 4.39 Å². The molecule has 200 valence electrons. The van der Waals surface area contributed by atoms with Crippen LogP contribution in [0.4, 0.5) is 4.39 Å². The lowest BCUT2D eigenvalue weighted by Crippen LogP contribution is -1.95. The first kappa shape index (κ1) is 24.6. The Labute approximate surface area is 244 Å². The van der Waals surface area contributed by atoms with Gasteiger partial charge in [0.05, 0.1) is 11.0 Å². The van der Waals surface area contributed by atoms with Crippen LogP contribution in [0.1, 0.15) is 12.5 Å². The van der Waals surface area contributed by atoms with E-state index < -0.39 is 0 Å². The number of nitrogens with zero attached hydrogens (tertiary/aromatic N) is 1. The van der Waals surface area contributed by atoms with Gasteiger partial charge in [0.2, 0.25) is 0 Å². The van der Waals surface area contributed by atoms with Crippen molar-refractivity contribution in [2.45, 2.75) is 13.3 Å². The highest BCUT2D eigenvalue weighted by Crippen LogP contribution is 2.45. The van der Waals surface area contributed by atoms with Crippen LogP contribution in [0.5, 0.6) is 0 Å². The number of halogens is 1.